The number of rotatable bonds is 2. The molecule has 1 fully saturated rings. The Labute approximate surface area is 99.2 Å². The van der Waals surface area contributed by atoms with Crippen molar-refractivity contribution in [3.8, 4) is 0 Å². The monoisotopic (exact) mass is 234 g/mol. The molecule has 1 saturated carbocycles. The van der Waals surface area contributed by atoms with Gasteiger partial charge < -0.3 is 4.74 Å². The highest BCUT2D eigenvalue weighted by Gasteiger charge is 2.45. The maximum Gasteiger partial charge on any atom is 0.317 e. The van der Waals surface area contributed by atoms with Crippen LogP contribution in [0.1, 0.15) is 31.4 Å². The number of methoxy groups -OCH3 is 1. The lowest BCUT2D eigenvalue weighted by atomic mass is 9.71. The molecule has 5 nitrogen and oxygen atoms in total. The van der Waals surface area contributed by atoms with Crippen LogP contribution in [0.15, 0.2) is 18.3 Å². The number of ketones is 1. The molecule has 1 aromatic heterocycles. The van der Waals surface area contributed by atoms with Crippen molar-refractivity contribution in [2.75, 3.05) is 7.11 Å². The van der Waals surface area contributed by atoms with Crippen molar-refractivity contribution in [1.29, 1.82) is 0 Å². The van der Waals surface area contributed by atoms with Gasteiger partial charge in [-0.25, -0.2) is 0 Å². The summed E-state index contributed by atoms with van der Waals surface area (Å²) in [6, 6.07) is 3.50. The van der Waals surface area contributed by atoms with Gasteiger partial charge in [0, 0.05) is 19.0 Å². The summed E-state index contributed by atoms with van der Waals surface area (Å²) in [5, 5.41) is 7.80. The SMILES string of the molecule is COC(=O)C1(c2cccnn2)CCC(=O)CC1. The third-order valence-corrected chi connectivity index (χ3v) is 3.30. The van der Waals surface area contributed by atoms with Gasteiger partial charge in [-0.3, -0.25) is 9.59 Å². The molecule has 0 amide bonds. The second-order valence-electron chi connectivity index (χ2n) is 4.22. The van der Waals surface area contributed by atoms with Crippen LogP contribution in [0.4, 0.5) is 0 Å². The molecule has 0 bridgehead atoms. The number of aromatic nitrogens is 2. The predicted octanol–water partition coefficient (Wildman–Crippen LogP) is 1.03. The summed E-state index contributed by atoms with van der Waals surface area (Å²) in [6.07, 6.45) is 3.26. The highest BCUT2D eigenvalue weighted by atomic mass is 16.5. The molecular formula is C12H14N2O3. The average Bonchev–Trinajstić information content (AvgIpc) is 2.40. The Morgan fingerprint density at radius 1 is 1.41 bits per heavy atom. The van der Waals surface area contributed by atoms with Crippen molar-refractivity contribution in [2.45, 2.75) is 31.1 Å². The van der Waals surface area contributed by atoms with E-state index in [0.29, 0.717) is 31.4 Å². The van der Waals surface area contributed by atoms with Crippen LogP contribution in [0.5, 0.6) is 0 Å². The van der Waals surface area contributed by atoms with Gasteiger partial charge in [0.15, 0.2) is 0 Å². The van der Waals surface area contributed by atoms with Gasteiger partial charge in [0.05, 0.1) is 12.8 Å². The zero-order chi connectivity index (χ0) is 12.3. The minimum Gasteiger partial charge on any atom is -0.468 e. The number of ether oxygens (including phenoxy) is 1. The van der Waals surface area contributed by atoms with Crippen LogP contribution in [0, 0.1) is 0 Å². The summed E-state index contributed by atoms with van der Waals surface area (Å²) >= 11 is 0. The van der Waals surface area contributed by atoms with E-state index in [2.05, 4.69) is 10.2 Å². The van der Waals surface area contributed by atoms with Crippen LogP contribution < -0.4 is 0 Å². The molecule has 1 aliphatic carbocycles. The van der Waals surface area contributed by atoms with E-state index in [1.807, 2.05) is 0 Å². The van der Waals surface area contributed by atoms with E-state index in [1.165, 1.54) is 7.11 Å². The van der Waals surface area contributed by atoms with Crippen LogP contribution in [-0.2, 0) is 19.7 Å². The van der Waals surface area contributed by atoms with Gasteiger partial charge in [0.2, 0.25) is 0 Å². The second-order valence-corrected chi connectivity index (χ2v) is 4.22. The first-order valence-electron chi connectivity index (χ1n) is 5.57. The molecule has 0 spiro atoms. The summed E-state index contributed by atoms with van der Waals surface area (Å²) < 4.78 is 4.86. The fourth-order valence-electron chi connectivity index (χ4n) is 2.27. The first kappa shape index (κ1) is 11.7. The van der Waals surface area contributed by atoms with E-state index in [1.54, 1.807) is 18.3 Å². The van der Waals surface area contributed by atoms with E-state index in [-0.39, 0.29) is 11.8 Å². The molecule has 17 heavy (non-hydrogen) atoms. The fraction of sp³-hybridized carbons (Fsp3) is 0.500. The van der Waals surface area contributed by atoms with Crippen molar-refractivity contribution in [3.63, 3.8) is 0 Å². The van der Waals surface area contributed by atoms with Crippen LogP contribution in [0.3, 0.4) is 0 Å². The molecule has 90 valence electrons. The predicted molar refractivity (Wildman–Crippen MR) is 59.2 cm³/mol. The molecule has 0 aliphatic heterocycles. The van der Waals surface area contributed by atoms with Crippen molar-refractivity contribution in [1.82, 2.24) is 10.2 Å². The zero-order valence-corrected chi connectivity index (χ0v) is 9.68. The zero-order valence-electron chi connectivity index (χ0n) is 9.68. The van der Waals surface area contributed by atoms with E-state index >= 15 is 0 Å². The Bertz CT molecular complexity index is 421. The van der Waals surface area contributed by atoms with Crippen molar-refractivity contribution in [3.05, 3.63) is 24.0 Å². The summed E-state index contributed by atoms with van der Waals surface area (Å²) in [5.74, 6) is -0.140. The first-order valence-corrected chi connectivity index (χ1v) is 5.57. The fourth-order valence-corrected chi connectivity index (χ4v) is 2.27. The van der Waals surface area contributed by atoms with Gasteiger partial charge in [-0.15, -0.1) is 0 Å². The normalized spacial score (nSPS) is 18.8. The molecule has 0 saturated heterocycles. The molecule has 2 rings (SSSR count). The Balaban J connectivity index is 2.38. The topological polar surface area (TPSA) is 69.2 Å². The second kappa shape index (κ2) is 4.61. The van der Waals surface area contributed by atoms with Crippen LogP contribution >= 0.6 is 0 Å². The summed E-state index contributed by atoms with van der Waals surface area (Å²) in [4.78, 5) is 23.3. The summed E-state index contributed by atoms with van der Waals surface area (Å²) in [6.45, 7) is 0. The number of nitrogens with zero attached hydrogens (tertiary/aromatic N) is 2. The number of hydrogen-bond acceptors (Lipinski definition) is 5. The highest BCUT2D eigenvalue weighted by molar-refractivity contribution is 5.88. The standard InChI is InChI=1S/C12H14N2O3/c1-17-11(16)12(6-4-9(15)5-7-12)10-3-2-8-13-14-10/h2-3,8H,4-7H2,1H3. The first-order chi connectivity index (χ1) is 8.19. The third-order valence-electron chi connectivity index (χ3n) is 3.30. The molecule has 0 unspecified atom stereocenters. The molecule has 0 radical (unpaired) electrons. The lowest BCUT2D eigenvalue weighted by Gasteiger charge is -2.32. The van der Waals surface area contributed by atoms with Gasteiger partial charge in [0.1, 0.15) is 11.2 Å². The van der Waals surface area contributed by atoms with Gasteiger partial charge in [-0.05, 0) is 25.0 Å². The van der Waals surface area contributed by atoms with Gasteiger partial charge in [0.25, 0.3) is 0 Å². The number of esters is 1. The van der Waals surface area contributed by atoms with Gasteiger partial charge >= 0.3 is 5.97 Å². The van der Waals surface area contributed by atoms with Crippen LogP contribution in [-0.4, -0.2) is 29.1 Å². The quantitative estimate of drug-likeness (QED) is 0.715. The molecule has 1 aromatic rings. The Kier molecular flexibility index (Phi) is 3.17. The lowest BCUT2D eigenvalue weighted by Crippen LogP contribution is -2.41. The number of carbonyl (C=O) groups is 2. The van der Waals surface area contributed by atoms with Crippen molar-refractivity contribution in [2.24, 2.45) is 0 Å². The smallest absolute Gasteiger partial charge is 0.317 e. The third kappa shape index (κ3) is 2.05. The van der Waals surface area contributed by atoms with E-state index in [9.17, 15) is 9.59 Å². The maximum atomic E-state index is 12.0. The number of hydrogen-bond donors (Lipinski definition) is 0. The molecule has 1 aliphatic rings. The molecule has 1 heterocycles. The van der Waals surface area contributed by atoms with Gasteiger partial charge in [-0.2, -0.15) is 10.2 Å². The molecule has 0 N–H and O–H groups in total. The van der Waals surface area contributed by atoms with Crippen molar-refractivity contribution >= 4 is 11.8 Å². The van der Waals surface area contributed by atoms with Gasteiger partial charge in [-0.1, -0.05) is 0 Å². The van der Waals surface area contributed by atoms with Crippen LogP contribution in [0.25, 0.3) is 0 Å². The van der Waals surface area contributed by atoms with E-state index < -0.39 is 5.41 Å². The minimum atomic E-state index is -0.795. The molecule has 0 atom stereocenters. The Hall–Kier alpha value is -1.78. The number of carbonyl (C=O) groups excluding carboxylic acids is 2. The van der Waals surface area contributed by atoms with Crippen LogP contribution in [0.2, 0.25) is 0 Å². The van der Waals surface area contributed by atoms with E-state index in [4.69, 9.17) is 4.74 Å². The van der Waals surface area contributed by atoms with Crippen molar-refractivity contribution < 1.29 is 14.3 Å². The lowest BCUT2D eigenvalue weighted by molar-refractivity contribution is -0.149. The highest BCUT2D eigenvalue weighted by Crippen LogP contribution is 2.38. The average molecular weight is 234 g/mol. The minimum absolute atomic E-state index is 0.188. The molecular weight excluding hydrogens is 220 g/mol. The number of Topliss-reactive ketones (excluding diaryl/α,β-unsaturated/α-hetero) is 1. The Morgan fingerprint density at radius 2 is 2.12 bits per heavy atom. The Morgan fingerprint density at radius 3 is 2.65 bits per heavy atom. The maximum absolute atomic E-state index is 12.0. The summed E-state index contributed by atoms with van der Waals surface area (Å²) in [5.41, 5.74) is -0.198. The molecule has 5 heteroatoms. The largest absolute Gasteiger partial charge is 0.468 e. The molecule has 0 aromatic carbocycles. The summed E-state index contributed by atoms with van der Waals surface area (Å²) in [7, 11) is 1.36. The van der Waals surface area contributed by atoms with E-state index in [0.717, 1.165) is 0 Å².